The van der Waals surface area contributed by atoms with Crippen molar-refractivity contribution < 1.29 is 0 Å². The van der Waals surface area contributed by atoms with Gasteiger partial charge < -0.3 is 0 Å². The van der Waals surface area contributed by atoms with Gasteiger partial charge >= 0.3 is 0 Å². The minimum Gasteiger partial charge on any atom is -0.290 e. The molecule has 134 valence electrons. The van der Waals surface area contributed by atoms with Crippen molar-refractivity contribution >= 4 is 51.3 Å². The molecule has 0 saturated heterocycles. The lowest BCUT2D eigenvalue weighted by Gasteiger charge is -2.06. The third-order valence-corrected chi connectivity index (χ3v) is 5.30. The molecular weight excluding hydrogens is 453 g/mol. The Kier molecular flexibility index (Phi) is 5.91. The average molecular weight is 463 g/mol. The molecule has 0 atom stereocenters. The largest absolute Gasteiger partial charge is 0.290 e. The van der Waals surface area contributed by atoms with E-state index in [0.29, 0.717) is 25.6 Å². The SMILES string of the molecule is N#Cc1c(-c2ccccc2)nc(NN=Cc2ccc(Br)c(Cl)c2Cl)[nH]c1=O. The smallest absolute Gasteiger partial charge is 0.270 e. The topological polar surface area (TPSA) is 93.9 Å². The second-order valence-corrected chi connectivity index (χ2v) is 6.86. The van der Waals surface area contributed by atoms with Crippen LogP contribution in [0.5, 0.6) is 0 Å². The van der Waals surface area contributed by atoms with Crippen LogP contribution in [0.2, 0.25) is 10.0 Å². The summed E-state index contributed by atoms with van der Waals surface area (Å²) < 4.78 is 0.671. The summed E-state index contributed by atoms with van der Waals surface area (Å²) in [7, 11) is 0. The molecule has 0 spiro atoms. The van der Waals surface area contributed by atoms with E-state index in [0.717, 1.165) is 0 Å². The number of aromatic amines is 1. The Hall–Kier alpha value is -2.66. The van der Waals surface area contributed by atoms with Crippen LogP contribution in [-0.4, -0.2) is 16.2 Å². The molecule has 3 rings (SSSR count). The number of benzene rings is 2. The first-order valence-electron chi connectivity index (χ1n) is 7.53. The van der Waals surface area contributed by atoms with Crippen LogP contribution in [0.4, 0.5) is 5.95 Å². The number of aromatic nitrogens is 2. The molecule has 2 N–H and O–H groups in total. The quantitative estimate of drug-likeness (QED) is 0.330. The number of anilines is 1. The molecule has 0 unspecified atom stereocenters. The van der Waals surface area contributed by atoms with Gasteiger partial charge in [0.25, 0.3) is 5.56 Å². The van der Waals surface area contributed by atoms with Gasteiger partial charge in [0.1, 0.15) is 11.6 Å². The number of hydrogen-bond donors (Lipinski definition) is 2. The van der Waals surface area contributed by atoms with Crippen LogP contribution in [0.25, 0.3) is 11.3 Å². The number of hydrazone groups is 1. The highest BCUT2D eigenvalue weighted by Gasteiger charge is 2.13. The Labute approximate surface area is 172 Å². The van der Waals surface area contributed by atoms with Gasteiger partial charge in [-0.15, -0.1) is 0 Å². The fourth-order valence-corrected chi connectivity index (χ4v) is 3.07. The molecule has 1 heterocycles. The van der Waals surface area contributed by atoms with E-state index in [1.54, 1.807) is 36.4 Å². The zero-order chi connectivity index (χ0) is 19.4. The van der Waals surface area contributed by atoms with E-state index >= 15 is 0 Å². The number of hydrogen-bond acceptors (Lipinski definition) is 5. The second-order valence-electron chi connectivity index (χ2n) is 5.25. The van der Waals surface area contributed by atoms with Crippen molar-refractivity contribution in [1.82, 2.24) is 9.97 Å². The molecule has 0 fully saturated rings. The van der Waals surface area contributed by atoms with Crippen LogP contribution < -0.4 is 11.0 Å². The zero-order valence-electron chi connectivity index (χ0n) is 13.5. The number of nitrogens with one attached hydrogen (secondary N) is 2. The summed E-state index contributed by atoms with van der Waals surface area (Å²) in [6.07, 6.45) is 1.45. The highest BCUT2D eigenvalue weighted by atomic mass is 79.9. The predicted octanol–water partition coefficient (Wildman–Crippen LogP) is 4.82. The Morgan fingerprint density at radius 2 is 1.93 bits per heavy atom. The number of nitriles is 1. The lowest BCUT2D eigenvalue weighted by atomic mass is 10.1. The molecule has 0 saturated carbocycles. The van der Waals surface area contributed by atoms with Gasteiger partial charge in [0.05, 0.1) is 22.0 Å². The molecule has 3 aromatic rings. The van der Waals surface area contributed by atoms with Crippen molar-refractivity contribution in [2.75, 3.05) is 5.43 Å². The van der Waals surface area contributed by atoms with Crippen LogP contribution >= 0.6 is 39.1 Å². The van der Waals surface area contributed by atoms with E-state index in [-0.39, 0.29) is 17.2 Å². The fraction of sp³-hybridized carbons (Fsp3) is 0. The van der Waals surface area contributed by atoms with Crippen molar-refractivity contribution in [2.24, 2.45) is 5.10 Å². The standard InChI is InChI=1S/C18H10BrCl2N5O/c19-13-7-6-11(14(20)15(13)21)9-23-26-18-24-16(10-4-2-1-3-5-10)12(8-22)17(27)25-18/h1-7,9H,(H2,24,25,26,27). The first-order chi connectivity index (χ1) is 13.0. The monoisotopic (exact) mass is 461 g/mol. The van der Waals surface area contributed by atoms with Gasteiger partial charge in [-0.1, -0.05) is 59.6 Å². The van der Waals surface area contributed by atoms with Gasteiger partial charge in [0.15, 0.2) is 0 Å². The molecule has 6 nitrogen and oxygen atoms in total. The molecule has 0 amide bonds. The van der Waals surface area contributed by atoms with Crippen molar-refractivity contribution in [1.29, 1.82) is 5.26 Å². The summed E-state index contributed by atoms with van der Waals surface area (Å²) in [6, 6.07) is 14.3. The molecule has 2 aromatic carbocycles. The summed E-state index contributed by atoms with van der Waals surface area (Å²) in [4.78, 5) is 18.9. The maximum absolute atomic E-state index is 12.2. The Balaban J connectivity index is 1.93. The van der Waals surface area contributed by atoms with E-state index < -0.39 is 5.56 Å². The molecule has 0 radical (unpaired) electrons. The van der Waals surface area contributed by atoms with Crippen molar-refractivity contribution in [3.05, 3.63) is 78.5 Å². The molecule has 0 aliphatic heterocycles. The summed E-state index contributed by atoms with van der Waals surface area (Å²) in [5.74, 6) is 0.0911. The van der Waals surface area contributed by atoms with Gasteiger partial charge in [-0.25, -0.2) is 10.4 Å². The summed E-state index contributed by atoms with van der Waals surface area (Å²) in [5.41, 5.74) is 3.50. The van der Waals surface area contributed by atoms with E-state index in [2.05, 4.69) is 36.4 Å². The molecule has 27 heavy (non-hydrogen) atoms. The van der Waals surface area contributed by atoms with Gasteiger partial charge in [-0.05, 0) is 22.0 Å². The van der Waals surface area contributed by atoms with Crippen molar-refractivity contribution in [2.45, 2.75) is 0 Å². The van der Waals surface area contributed by atoms with Gasteiger partial charge in [0, 0.05) is 15.6 Å². The van der Waals surface area contributed by atoms with Crippen LogP contribution in [0.1, 0.15) is 11.1 Å². The van der Waals surface area contributed by atoms with E-state index in [4.69, 9.17) is 23.2 Å². The van der Waals surface area contributed by atoms with Crippen molar-refractivity contribution in [3.63, 3.8) is 0 Å². The minimum atomic E-state index is -0.561. The van der Waals surface area contributed by atoms with Crippen molar-refractivity contribution in [3.8, 4) is 17.3 Å². The summed E-state index contributed by atoms with van der Waals surface area (Å²) in [5, 5.41) is 14.0. The average Bonchev–Trinajstić information content (AvgIpc) is 2.68. The molecule has 9 heteroatoms. The normalized spacial score (nSPS) is 10.7. The van der Waals surface area contributed by atoms with Crippen LogP contribution in [0, 0.1) is 11.3 Å². The summed E-state index contributed by atoms with van der Waals surface area (Å²) in [6.45, 7) is 0. The van der Waals surface area contributed by atoms with E-state index in [9.17, 15) is 10.1 Å². The van der Waals surface area contributed by atoms with Crippen LogP contribution in [-0.2, 0) is 0 Å². The zero-order valence-corrected chi connectivity index (χ0v) is 16.6. The number of rotatable bonds is 4. The molecule has 0 aliphatic rings. The summed E-state index contributed by atoms with van der Waals surface area (Å²) >= 11 is 15.5. The third kappa shape index (κ3) is 4.19. The Morgan fingerprint density at radius 1 is 1.19 bits per heavy atom. The van der Waals surface area contributed by atoms with Gasteiger partial charge in [-0.3, -0.25) is 9.78 Å². The lowest BCUT2D eigenvalue weighted by molar-refractivity contribution is 1.08. The fourth-order valence-electron chi connectivity index (χ4n) is 2.24. The van der Waals surface area contributed by atoms with Gasteiger partial charge in [0.2, 0.25) is 5.95 Å². The predicted molar refractivity (Wildman–Crippen MR) is 110 cm³/mol. The van der Waals surface area contributed by atoms with E-state index in [1.165, 1.54) is 6.21 Å². The number of nitrogens with zero attached hydrogens (tertiary/aromatic N) is 3. The molecule has 0 bridgehead atoms. The maximum Gasteiger partial charge on any atom is 0.270 e. The Bertz CT molecular complexity index is 1120. The van der Waals surface area contributed by atoms with E-state index in [1.807, 2.05) is 12.1 Å². The second kappa shape index (κ2) is 8.35. The first-order valence-corrected chi connectivity index (χ1v) is 9.08. The highest BCUT2D eigenvalue weighted by molar-refractivity contribution is 9.10. The minimum absolute atomic E-state index is 0.0709. The molecular formula is C18H10BrCl2N5O. The number of H-pyrrole nitrogens is 1. The number of halogens is 3. The van der Waals surface area contributed by atoms with Crippen LogP contribution in [0.15, 0.2) is 56.8 Å². The molecule has 1 aromatic heterocycles. The first kappa shape index (κ1) is 19.1. The maximum atomic E-state index is 12.2. The van der Waals surface area contributed by atoms with Gasteiger partial charge in [-0.2, -0.15) is 10.4 Å². The highest BCUT2D eigenvalue weighted by Crippen LogP contribution is 2.32. The Morgan fingerprint density at radius 3 is 2.63 bits per heavy atom. The third-order valence-electron chi connectivity index (χ3n) is 3.52. The lowest BCUT2D eigenvalue weighted by Crippen LogP contribution is -2.16. The molecule has 0 aliphatic carbocycles. The van der Waals surface area contributed by atoms with Crippen LogP contribution in [0.3, 0.4) is 0 Å².